The van der Waals surface area contributed by atoms with Gasteiger partial charge in [-0.2, -0.15) is 8.42 Å². The van der Waals surface area contributed by atoms with Crippen molar-refractivity contribution in [3.63, 3.8) is 0 Å². The quantitative estimate of drug-likeness (QED) is 0.221. The standard InChI is InChI=1S/C18H38O4S.Ca.2H/c1-2-3-4-5-6-7-8-9-10-11-12-13-14-15-16-18(19)17-23(20,21)22;;;/h18-19H,2-17H2,1H3,(H,20,21,22);;;. The van der Waals surface area contributed by atoms with Crippen LogP contribution in [0.1, 0.15) is 103 Å². The zero-order valence-corrected chi connectivity index (χ0v) is 15.8. The number of rotatable bonds is 17. The summed E-state index contributed by atoms with van der Waals surface area (Å²) in [6.45, 7) is 2.25. The van der Waals surface area contributed by atoms with Crippen molar-refractivity contribution in [1.29, 1.82) is 0 Å². The Morgan fingerprint density at radius 2 is 1.04 bits per heavy atom. The summed E-state index contributed by atoms with van der Waals surface area (Å²) >= 11 is 0. The minimum absolute atomic E-state index is 0. The van der Waals surface area contributed by atoms with Crippen LogP contribution in [0.4, 0.5) is 0 Å². The molecule has 0 aliphatic rings. The molecule has 0 amide bonds. The summed E-state index contributed by atoms with van der Waals surface area (Å²) in [4.78, 5) is 0. The number of unbranched alkanes of at least 4 members (excludes halogenated alkanes) is 13. The molecule has 0 radical (unpaired) electrons. The molecule has 0 bridgehead atoms. The van der Waals surface area contributed by atoms with Gasteiger partial charge in [-0.15, -0.1) is 0 Å². The van der Waals surface area contributed by atoms with Crippen molar-refractivity contribution in [2.24, 2.45) is 0 Å². The number of hydrogen-bond acceptors (Lipinski definition) is 3. The fourth-order valence-corrected chi connectivity index (χ4v) is 3.55. The molecular weight excluding hydrogens is 352 g/mol. The van der Waals surface area contributed by atoms with Crippen molar-refractivity contribution >= 4 is 47.9 Å². The van der Waals surface area contributed by atoms with E-state index >= 15 is 0 Å². The van der Waals surface area contributed by atoms with Crippen LogP contribution in [0.25, 0.3) is 0 Å². The molecule has 0 aromatic carbocycles. The Labute approximate surface area is 179 Å². The summed E-state index contributed by atoms with van der Waals surface area (Å²) in [7, 11) is -4.04. The monoisotopic (exact) mass is 392 g/mol. The van der Waals surface area contributed by atoms with Crippen LogP contribution in [-0.2, 0) is 10.1 Å². The summed E-state index contributed by atoms with van der Waals surface area (Å²) in [6.07, 6.45) is 17.4. The van der Waals surface area contributed by atoms with Gasteiger partial charge in [0.1, 0.15) is 5.75 Å². The van der Waals surface area contributed by atoms with E-state index in [1.54, 1.807) is 0 Å². The third-order valence-corrected chi connectivity index (χ3v) is 5.10. The van der Waals surface area contributed by atoms with Crippen molar-refractivity contribution in [3.8, 4) is 0 Å². The maximum atomic E-state index is 10.6. The van der Waals surface area contributed by atoms with E-state index in [0.29, 0.717) is 6.42 Å². The molecule has 0 saturated heterocycles. The Morgan fingerprint density at radius 3 is 1.38 bits per heavy atom. The van der Waals surface area contributed by atoms with E-state index in [1.807, 2.05) is 0 Å². The van der Waals surface area contributed by atoms with Crippen molar-refractivity contribution < 1.29 is 18.1 Å². The molecule has 4 nitrogen and oxygen atoms in total. The summed E-state index contributed by atoms with van der Waals surface area (Å²) < 4.78 is 29.8. The molecule has 1 atom stereocenters. The molecule has 0 aliphatic heterocycles. The van der Waals surface area contributed by atoms with Crippen molar-refractivity contribution in [2.45, 2.75) is 109 Å². The van der Waals surface area contributed by atoms with Crippen LogP contribution in [0.5, 0.6) is 0 Å². The second-order valence-electron chi connectivity index (χ2n) is 6.79. The molecule has 0 aliphatic carbocycles. The van der Waals surface area contributed by atoms with E-state index < -0.39 is 22.0 Å². The van der Waals surface area contributed by atoms with Gasteiger partial charge in [0.15, 0.2) is 0 Å². The Bertz CT molecular complexity index is 347. The van der Waals surface area contributed by atoms with Crippen LogP contribution in [0.3, 0.4) is 0 Å². The summed E-state index contributed by atoms with van der Waals surface area (Å²) in [5.74, 6) is -0.536. The third-order valence-electron chi connectivity index (χ3n) is 4.29. The Morgan fingerprint density at radius 1 is 0.708 bits per heavy atom. The Kier molecular flexibility index (Phi) is 21.5. The molecule has 0 heterocycles. The Balaban J connectivity index is 0. The summed E-state index contributed by atoms with van der Waals surface area (Å²) in [5.41, 5.74) is 0. The minimum atomic E-state index is -4.04. The van der Waals surface area contributed by atoms with Gasteiger partial charge in [-0.1, -0.05) is 96.8 Å². The van der Waals surface area contributed by atoms with Gasteiger partial charge in [-0.05, 0) is 6.42 Å². The number of hydrogen-bond donors (Lipinski definition) is 2. The molecule has 0 spiro atoms. The van der Waals surface area contributed by atoms with Gasteiger partial charge < -0.3 is 5.11 Å². The van der Waals surface area contributed by atoms with E-state index in [2.05, 4.69) is 6.92 Å². The summed E-state index contributed by atoms with van der Waals surface area (Å²) in [6, 6.07) is 0. The predicted octanol–water partition coefficient (Wildman–Crippen LogP) is 4.19. The zero-order valence-electron chi connectivity index (χ0n) is 15.0. The normalized spacial score (nSPS) is 12.8. The zero-order chi connectivity index (χ0) is 17.4. The van der Waals surface area contributed by atoms with Gasteiger partial charge in [0.25, 0.3) is 10.1 Å². The van der Waals surface area contributed by atoms with Crippen molar-refractivity contribution in [2.75, 3.05) is 5.75 Å². The molecule has 0 saturated carbocycles. The topological polar surface area (TPSA) is 74.6 Å². The molecule has 1 unspecified atom stereocenters. The first kappa shape index (κ1) is 27.3. The maximum absolute atomic E-state index is 10.6. The second kappa shape index (κ2) is 18.9. The van der Waals surface area contributed by atoms with Crippen molar-refractivity contribution in [3.05, 3.63) is 0 Å². The third kappa shape index (κ3) is 23.1. The number of aliphatic hydroxyl groups excluding tert-OH is 1. The molecule has 0 aromatic rings. The SMILES string of the molecule is CCCCCCCCCCCCCCCCC(O)CS(=O)(=O)O.[CaH2]. The second-order valence-corrected chi connectivity index (χ2v) is 8.28. The van der Waals surface area contributed by atoms with Crippen molar-refractivity contribution in [1.82, 2.24) is 0 Å². The molecule has 6 heteroatoms. The molecule has 144 valence electrons. The fraction of sp³-hybridized carbons (Fsp3) is 1.00. The van der Waals surface area contributed by atoms with Gasteiger partial charge in [-0.25, -0.2) is 0 Å². The number of aliphatic hydroxyl groups is 1. The van der Waals surface area contributed by atoms with Gasteiger partial charge in [0, 0.05) is 0 Å². The van der Waals surface area contributed by atoms with Gasteiger partial charge in [-0.3, -0.25) is 4.55 Å². The summed E-state index contributed by atoms with van der Waals surface area (Å²) in [5, 5.41) is 9.44. The van der Waals surface area contributed by atoms with E-state index in [9.17, 15) is 13.5 Å². The first-order valence-corrected chi connectivity index (χ1v) is 11.2. The van der Waals surface area contributed by atoms with E-state index in [4.69, 9.17) is 4.55 Å². The van der Waals surface area contributed by atoms with Crippen LogP contribution in [0.2, 0.25) is 0 Å². The molecule has 0 rings (SSSR count). The van der Waals surface area contributed by atoms with E-state index in [0.717, 1.165) is 19.3 Å². The van der Waals surface area contributed by atoms with Crippen LogP contribution >= 0.6 is 0 Å². The van der Waals surface area contributed by atoms with Crippen LogP contribution in [0.15, 0.2) is 0 Å². The van der Waals surface area contributed by atoms with E-state index in [-0.39, 0.29) is 37.7 Å². The molecule has 0 aromatic heterocycles. The van der Waals surface area contributed by atoms with Gasteiger partial charge in [0.05, 0.1) is 6.10 Å². The van der Waals surface area contributed by atoms with Crippen LogP contribution < -0.4 is 0 Å². The Hall–Kier alpha value is 1.13. The predicted molar refractivity (Wildman–Crippen MR) is 106 cm³/mol. The first-order chi connectivity index (χ1) is 11.0. The molecule has 0 fully saturated rings. The molecule has 24 heavy (non-hydrogen) atoms. The van der Waals surface area contributed by atoms with Gasteiger partial charge >= 0.3 is 37.7 Å². The fourth-order valence-electron chi connectivity index (χ4n) is 2.90. The van der Waals surface area contributed by atoms with Gasteiger partial charge in [0.2, 0.25) is 0 Å². The molecule has 2 N–H and O–H groups in total. The first-order valence-electron chi connectivity index (χ1n) is 9.59. The van der Waals surface area contributed by atoms with Crippen LogP contribution in [0, 0.1) is 0 Å². The average molecular weight is 393 g/mol. The van der Waals surface area contributed by atoms with Crippen LogP contribution in [-0.4, -0.2) is 67.7 Å². The molecular formula is C18H40CaO4S. The van der Waals surface area contributed by atoms with E-state index in [1.165, 1.54) is 70.6 Å². The average Bonchev–Trinajstić information content (AvgIpc) is 2.46.